The van der Waals surface area contributed by atoms with Crippen LogP contribution in [0.25, 0.3) is 22.8 Å². The fourth-order valence-electron chi connectivity index (χ4n) is 5.51. The summed E-state index contributed by atoms with van der Waals surface area (Å²) in [4.78, 5) is 19.8. The molecule has 16 heteroatoms. The van der Waals surface area contributed by atoms with E-state index in [0.29, 0.717) is 35.4 Å². The average Bonchev–Trinajstić information content (AvgIpc) is 3.34. The summed E-state index contributed by atoms with van der Waals surface area (Å²) in [6.07, 6.45) is -1.73. The van der Waals surface area contributed by atoms with E-state index in [2.05, 4.69) is 14.7 Å². The van der Waals surface area contributed by atoms with Crippen LogP contribution in [-0.4, -0.2) is 15.9 Å². The van der Waals surface area contributed by atoms with Gasteiger partial charge in [-0.05, 0) is 36.1 Å². The Morgan fingerprint density at radius 1 is 0.816 bits per heavy atom. The number of hydrogen-bond acceptors (Lipinski definition) is 4. The molecule has 0 N–H and O–H groups in total. The zero-order valence-electron chi connectivity index (χ0n) is 24.9. The number of benzene rings is 2. The van der Waals surface area contributed by atoms with Crippen molar-refractivity contribution in [3.63, 3.8) is 0 Å². The van der Waals surface area contributed by atoms with Crippen LogP contribution in [0.3, 0.4) is 0 Å². The standard InChI is InChI=1S/C33H20F10N4O2/c1-15-4-6-46-21(8-15)22-9-16(2-3-24(48)49-31-29(39)27(37)26(36)28(38)30(31)40)5-7-47(22)23(46)11-17-10-19(34)12-20(35)25(17)32-44-13-18(14-45-32)33(41,42)43/h4-10,12-14,23H,2-3,11H2,1H3/q+2/t23-/m0/s1. The predicted octanol–water partition coefficient (Wildman–Crippen LogP) is 6.83. The van der Waals surface area contributed by atoms with E-state index in [9.17, 15) is 44.3 Å². The molecule has 2 aromatic carbocycles. The lowest BCUT2D eigenvalue weighted by Gasteiger charge is -2.12. The molecule has 1 aliphatic rings. The molecule has 4 heterocycles. The Labute approximate surface area is 269 Å². The van der Waals surface area contributed by atoms with Crippen LogP contribution in [0.5, 0.6) is 5.75 Å². The molecule has 49 heavy (non-hydrogen) atoms. The van der Waals surface area contributed by atoms with Crippen LogP contribution in [0.15, 0.2) is 61.2 Å². The smallest absolute Gasteiger partial charge is 0.419 e. The van der Waals surface area contributed by atoms with Crippen LogP contribution in [0, 0.1) is 47.6 Å². The molecule has 0 fully saturated rings. The number of ether oxygens (including phenoxy) is 1. The summed E-state index contributed by atoms with van der Waals surface area (Å²) in [5.41, 5.74) is 1.17. The fourth-order valence-corrected chi connectivity index (χ4v) is 5.51. The molecule has 0 spiro atoms. The molecule has 1 aliphatic heterocycles. The Kier molecular flexibility index (Phi) is 8.58. The third kappa shape index (κ3) is 6.29. The average molecular weight is 695 g/mol. The summed E-state index contributed by atoms with van der Waals surface area (Å²) in [6, 6.07) is 8.46. The minimum Gasteiger partial charge on any atom is -0.420 e. The third-order valence-electron chi connectivity index (χ3n) is 7.84. The molecule has 0 amide bonds. The molecule has 6 nitrogen and oxygen atoms in total. The predicted molar refractivity (Wildman–Crippen MR) is 148 cm³/mol. The third-order valence-corrected chi connectivity index (χ3v) is 7.84. The highest BCUT2D eigenvalue weighted by molar-refractivity contribution is 5.73. The molecule has 3 aromatic heterocycles. The van der Waals surface area contributed by atoms with E-state index >= 15 is 4.39 Å². The Hall–Kier alpha value is -5.41. The second-order valence-corrected chi connectivity index (χ2v) is 11.1. The van der Waals surface area contributed by atoms with E-state index in [1.165, 1.54) is 0 Å². The Balaban J connectivity index is 1.30. The van der Waals surface area contributed by atoms with Crippen LogP contribution < -0.4 is 13.9 Å². The van der Waals surface area contributed by atoms with E-state index in [1.54, 1.807) is 39.7 Å². The van der Waals surface area contributed by atoms with Gasteiger partial charge in [-0.25, -0.2) is 31.9 Å². The molecule has 252 valence electrons. The minimum atomic E-state index is -4.73. The van der Waals surface area contributed by atoms with Crippen molar-refractivity contribution in [2.45, 2.75) is 38.5 Å². The topological polar surface area (TPSA) is 59.8 Å². The summed E-state index contributed by atoms with van der Waals surface area (Å²) in [6.45, 7) is 1.82. The van der Waals surface area contributed by atoms with E-state index < -0.39 is 76.8 Å². The van der Waals surface area contributed by atoms with Gasteiger partial charge in [0.25, 0.3) is 11.4 Å². The maximum atomic E-state index is 15.2. The van der Waals surface area contributed by atoms with E-state index in [0.717, 1.165) is 11.6 Å². The van der Waals surface area contributed by atoms with Gasteiger partial charge in [-0.15, -0.1) is 9.13 Å². The molecular formula is C33H20F10N4O2+2. The second kappa shape index (κ2) is 12.6. The minimum absolute atomic E-state index is 0.0570. The number of alkyl halides is 3. The molecule has 0 bridgehead atoms. The molecule has 0 saturated heterocycles. The summed E-state index contributed by atoms with van der Waals surface area (Å²) in [5.74, 6) is -16.9. The number of nitrogens with zero attached hydrogens (tertiary/aromatic N) is 4. The molecular weight excluding hydrogens is 674 g/mol. The zero-order valence-corrected chi connectivity index (χ0v) is 24.9. The van der Waals surface area contributed by atoms with Gasteiger partial charge in [0.15, 0.2) is 18.2 Å². The summed E-state index contributed by atoms with van der Waals surface area (Å²) >= 11 is 0. The first-order valence-electron chi connectivity index (χ1n) is 14.3. The number of rotatable bonds is 7. The van der Waals surface area contributed by atoms with Crippen molar-refractivity contribution < 1.29 is 62.6 Å². The van der Waals surface area contributed by atoms with Gasteiger partial charge in [0.2, 0.25) is 34.8 Å². The first-order valence-corrected chi connectivity index (χ1v) is 14.3. The molecule has 5 aromatic rings. The fraction of sp³-hybridized carbons (Fsp3) is 0.182. The zero-order chi connectivity index (χ0) is 35.4. The van der Waals surface area contributed by atoms with Crippen molar-refractivity contribution in [1.29, 1.82) is 0 Å². The maximum absolute atomic E-state index is 15.2. The van der Waals surface area contributed by atoms with Crippen LogP contribution in [0.4, 0.5) is 43.9 Å². The Morgan fingerprint density at radius 2 is 1.41 bits per heavy atom. The van der Waals surface area contributed by atoms with Crippen molar-refractivity contribution in [3.05, 3.63) is 124 Å². The largest absolute Gasteiger partial charge is 0.420 e. The molecule has 0 aliphatic carbocycles. The number of aryl methyl sites for hydroxylation is 2. The molecule has 0 radical (unpaired) electrons. The highest BCUT2D eigenvalue weighted by atomic mass is 19.4. The van der Waals surface area contributed by atoms with Gasteiger partial charge in [-0.3, -0.25) is 4.79 Å². The first kappa shape index (κ1) is 33.5. The highest BCUT2D eigenvalue weighted by Gasteiger charge is 2.45. The van der Waals surface area contributed by atoms with E-state index in [4.69, 9.17) is 0 Å². The number of pyridine rings is 2. The number of carbonyl (C=O) groups excluding carboxylic acids is 1. The van der Waals surface area contributed by atoms with Gasteiger partial charge < -0.3 is 4.74 Å². The Bertz CT molecular complexity index is 2110. The number of fused-ring (bicyclic) bond motifs is 3. The van der Waals surface area contributed by atoms with Crippen molar-refractivity contribution in [2.24, 2.45) is 0 Å². The van der Waals surface area contributed by atoms with Gasteiger partial charge in [0, 0.05) is 49.1 Å². The first-order chi connectivity index (χ1) is 23.1. The van der Waals surface area contributed by atoms with Crippen LogP contribution in [-0.2, 0) is 23.8 Å². The lowest BCUT2D eigenvalue weighted by molar-refractivity contribution is -0.910. The van der Waals surface area contributed by atoms with E-state index in [-0.39, 0.29) is 29.8 Å². The normalized spacial score (nSPS) is 13.7. The van der Waals surface area contributed by atoms with E-state index in [1.807, 2.05) is 13.0 Å². The summed E-state index contributed by atoms with van der Waals surface area (Å²) in [7, 11) is 0. The summed E-state index contributed by atoms with van der Waals surface area (Å²) < 4.78 is 145. The molecule has 6 rings (SSSR count). The quantitative estimate of drug-likeness (QED) is 0.0469. The van der Waals surface area contributed by atoms with Crippen molar-refractivity contribution in [3.8, 4) is 28.5 Å². The maximum Gasteiger partial charge on any atom is 0.419 e. The molecule has 1 atom stereocenters. The number of halogens is 10. The summed E-state index contributed by atoms with van der Waals surface area (Å²) in [5, 5.41) is 0. The second-order valence-electron chi connectivity index (χ2n) is 11.1. The van der Waals surface area contributed by atoms with Crippen molar-refractivity contribution >= 4 is 5.97 Å². The highest BCUT2D eigenvalue weighted by Crippen LogP contribution is 2.33. The van der Waals surface area contributed by atoms with Gasteiger partial charge in [-0.2, -0.15) is 22.0 Å². The van der Waals surface area contributed by atoms with Crippen LogP contribution >= 0.6 is 0 Å². The van der Waals surface area contributed by atoms with Crippen LogP contribution in [0.2, 0.25) is 0 Å². The van der Waals surface area contributed by atoms with Gasteiger partial charge >= 0.3 is 18.3 Å². The molecule has 0 saturated carbocycles. The Morgan fingerprint density at radius 3 is 2.04 bits per heavy atom. The number of aromatic nitrogens is 4. The SMILES string of the molecule is Cc1cc[n+]2c(c1)-c1cc(CCC(=O)Oc3c(F)c(F)c(F)c(F)c3F)cc[n+]1[C@H]2Cc1cc(F)cc(F)c1-c1ncc(C(F)(F)F)cn1. The van der Waals surface area contributed by atoms with Crippen LogP contribution in [0.1, 0.15) is 34.8 Å². The molecule has 0 unspecified atom stereocenters. The lowest BCUT2D eigenvalue weighted by atomic mass is 10.0. The van der Waals surface area contributed by atoms with Gasteiger partial charge in [-0.1, -0.05) is 0 Å². The number of carbonyl (C=O) groups is 1. The van der Waals surface area contributed by atoms with Crippen molar-refractivity contribution in [1.82, 2.24) is 9.97 Å². The monoisotopic (exact) mass is 694 g/mol. The van der Waals surface area contributed by atoms with Gasteiger partial charge in [0.05, 0.1) is 11.1 Å². The number of hydrogen-bond donors (Lipinski definition) is 0. The number of esters is 1. The van der Waals surface area contributed by atoms with Crippen molar-refractivity contribution in [2.75, 3.05) is 0 Å². The lowest BCUT2D eigenvalue weighted by Crippen LogP contribution is -2.53. The van der Waals surface area contributed by atoms with Gasteiger partial charge in [0.1, 0.15) is 18.1 Å².